The van der Waals surface area contributed by atoms with Gasteiger partial charge in [-0.15, -0.1) is 0 Å². The molecule has 1 aliphatic heterocycles. The van der Waals surface area contributed by atoms with Gasteiger partial charge in [0.1, 0.15) is 24.9 Å². The molecule has 6 N–H and O–H groups in total. The molecule has 0 bridgehead atoms. The molecule has 108 valence electrons. The Morgan fingerprint density at radius 1 is 1.35 bits per heavy atom. The number of aliphatic hydroxyl groups is 3. The average Bonchev–Trinajstić information content (AvgIpc) is 3.01. The molecule has 0 radical (unpaired) electrons. The Hall–Kier alpha value is -2.05. The second-order valence-corrected chi connectivity index (χ2v) is 4.16. The number of fused-ring (bicyclic) bond motifs is 1. The summed E-state index contributed by atoms with van der Waals surface area (Å²) in [6.45, 7) is -0.439. The van der Waals surface area contributed by atoms with Gasteiger partial charge in [0.15, 0.2) is 23.2 Å². The molecule has 3 rings (SSSR count). The minimum atomic E-state index is -1.37. The van der Waals surface area contributed by atoms with Gasteiger partial charge >= 0.3 is 0 Å². The fourth-order valence-electron chi connectivity index (χ4n) is 1.98. The maximum atomic E-state index is 9.92. The van der Waals surface area contributed by atoms with E-state index < -0.39 is 25.0 Å². The van der Waals surface area contributed by atoms with E-state index in [1.165, 1.54) is 17.3 Å². The van der Waals surface area contributed by atoms with Crippen molar-refractivity contribution in [1.29, 1.82) is 0 Å². The SMILES string of the molecule is NNc1ncnc2c1ncn2N1O[C@H](CO)[C@@H](O)[C@H]1O. The first-order valence-electron chi connectivity index (χ1n) is 5.75. The molecule has 1 saturated heterocycles. The number of hydrazine groups is 1. The summed E-state index contributed by atoms with van der Waals surface area (Å²) >= 11 is 0. The van der Waals surface area contributed by atoms with E-state index in [1.54, 1.807) is 0 Å². The maximum absolute atomic E-state index is 9.92. The molecule has 11 heteroatoms. The Bertz CT molecular complexity index is 619. The van der Waals surface area contributed by atoms with Crippen LogP contribution in [-0.4, -0.2) is 60.0 Å². The van der Waals surface area contributed by atoms with E-state index in [0.29, 0.717) is 17.0 Å². The minimum Gasteiger partial charge on any atom is -0.393 e. The minimum absolute atomic E-state index is 0.307. The van der Waals surface area contributed by atoms with Crippen LogP contribution in [0.3, 0.4) is 0 Å². The number of aliphatic hydroxyl groups excluding tert-OH is 3. The zero-order valence-electron chi connectivity index (χ0n) is 10.2. The van der Waals surface area contributed by atoms with Crippen molar-refractivity contribution in [3.8, 4) is 0 Å². The number of hydrogen-bond acceptors (Lipinski definition) is 10. The van der Waals surface area contributed by atoms with E-state index in [1.807, 2.05) is 0 Å². The zero-order chi connectivity index (χ0) is 14.3. The molecule has 0 spiro atoms. The van der Waals surface area contributed by atoms with Crippen LogP contribution in [-0.2, 0) is 4.84 Å². The predicted octanol–water partition coefficient (Wildman–Crippen LogP) is -2.96. The Labute approximate surface area is 112 Å². The molecule has 3 atom stereocenters. The van der Waals surface area contributed by atoms with Crippen LogP contribution < -0.4 is 16.4 Å². The summed E-state index contributed by atoms with van der Waals surface area (Å²) in [7, 11) is 0. The summed E-state index contributed by atoms with van der Waals surface area (Å²) in [6.07, 6.45) is -0.967. The number of nitrogens with zero attached hydrogens (tertiary/aromatic N) is 5. The van der Waals surface area contributed by atoms with Crippen molar-refractivity contribution in [3.63, 3.8) is 0 Å². The molecule has 1 aliphatic rings. The van der Waals surface area contributed by atoms with Crippen LogP contribution >= 0.6 is 0 Å². The van der Waals surface area contributed by atoms with E-state index in [-0.39, 0.29) is 0 Å². The van der Waals surface area contributed by atoms with Crippen LogP contribution in [0.2, 0.25) is 0 Å². The lowest BCUT2D eigenvalue weighted by Crippen LogP contribution is -2.41. The maximum Gasteiger partial charge on any atom is 0.198 e. The normalized spacial score (nSPS) is 26.4. The second-order valence-electron chi connectivity index (χ2n) is 4.16. The number of nitrogens with one attached hydrogen (secondary N) is 1. The molecule has 0 amide bonds. The van der Waals surface area contributed by atoms with Crippen LogP contribution in [0.1, 0.15) is 0 Å². The van der Waals surface area contributed by atoms with E-state index in [4.69, 9.17) is 15.8 Å². The number of anilines is 1. The van der Waals surface area contributed by atoms with Gasteiger partial charge in [-0.2, -0.15) is 9.85 Å². The van der Waals surface area contributed by atoms with E-state index >= 15 is 0 Å². The molecule has 3 heterocycles. The van der Waals surface area contributed by atoms with Gasteiger partial charge in [-0.25, -0.2) is 25.6 Å². The van der Waals surface area contributed by atoms with Gasteiger partial charge in [0.25, 0.3) is 0 Å². The summed E-state index contributed by atoms with van der Waals surface area (Å²) in [4.78, 5) is 17.2. The van der Waals surface area contributed by atoms with Crippen LogP contribution in [0.25, 0.3) is 11.2 Å². The molecule has 0 unspecified atom stereocenters. The third kappa shape index (κ3) is 1.76. The number of aromatic nitrogens is 4. The molecule has 11 nitrogen and oxygen atoms in total. The predicted molar refractivity (Wildman–Crippen MR) is 65.3 cm³/mol. The number of hydrogen-bond donors (Lipinski definition) is 5. The highest BCUT2D eigenvalue weighted by Crippen LogP contribution is 2.23. The fraction of sp³-hybridized carbons (Fsp3) is 0.444. The first kappa shape index (κ1) is 13.0. The highest BCUT2D eigenvalue weighted by Gasteiger charge is 2.42. The van der Waals surface area contributed by atoms with Crippen LogP contribution in [0.4, 0.5) is 5.82 Å². The third-order valence-electron chi connectivity index (χ3n) is 3.00. The largest absolute Gasteiger partial charge is 0.393 e. The van der Waals surface area contributed by atoms with Gasteiger partial charge in [-0.05, 0) is 0 Å². The van der Waals surface area contributed by atoms with Gasteiger partial charge in [-0.1, -0.05) is 0 Å². The number of nitrogen functional groups attached to an aromatic ring is 1. The Balaban J connectivity index is 2.03. The molecule has 0 aliphatic carbocycles. The van der Waals surface area contributed by atoms with Crippen LogP contribution in [0, 0.1) is 0 Å². The molecule has 1 fully saturated rings. The van der Waals surface area contributed by atoms with Gasteiger partial charge < -0.3 is 20.7 Å². The highest BCUT2D eigenvalue weighted by molar-refractivity contribution is 5.82. The lowest BCUT2D eigenvalue weighted by atomic mass is 10.2. The zero-order valence-corrected chi connectivity index (χ0v) is 10.2. The topological polar surface area (TPSA) is 155 Å². The highest BCUT2D eigenvalue weighted by atomic mass is 16.8. The average molecular weight is 283 g/mol. The standard InChI is InChI=1S/C9H13N7O4/c10-14-7-5-8(12-2-11-7)15(3-13-5)16-9(19)6(18)4(1-17)20-16/h2-4,6,9,17-19H,1,10H2,(H,11,12,14)/t4-,6-,9-/m1/s1. The molecule has 0 saturated carbocycles. The quantitative estimate of drug-likeness (QED) is 0.291. The van der Waals surface area contributed by atoms with Crippen molar-refractivity contribution < 1.29 is 20.2 Å². The van der Waals surface area contributed by atoms with Gasteiger partial charge in [-0.3, -0.25) is 0 Å². The van der Waals surface area contributed by atoms with Crippen molar-refractivity contribution in [2.24, 2.45) is 5.84 Å². The van der Waals surface area contributed by atoms with E-state index in [9.17, 15) is 10.2 Å². The Morgan fingerprint density at radius 3 is 2.80 bits per heavy atom. The summed E-state index contributed by atoms with van der Waals surface area (Å²) in [5.74, 6) is 5.62. The van der Waals surface area contributed by atoms with Crippen molar-refractivity contribution in [1.82, 2.24) is 19.6 Å². The van der Waals surface area contributed by atoms with Crippen molar-refractivity contribution >= 4 is 17.0 Å². The van der Waals surface area contributed by atoms with E-state index in [0.717, 1.165) is 5.17 Å². The summed E-state index contributed by atoms with van der Waals surface area (Å²) in [5, 5.41) is 29.7. The van der Waals surface area contributed by atoms with Gasteiger partial charge in [0.05, 0.1) is 6.61 Å². The molecule has 0 aromatic carbocycles. The van der Waals surface area contributed by atoms with Crippen LogP contribution in [0.5, 0.6) is 0 Å². The number of rotatable bonds is 3. The molecule has 20 heavy (non-hydrogen) atoms. The van der Waals surface area contributed by atoms with Gasteiger partial charge in [0, 0.05) is 0 Å². The smallest absolute Gasteiger partial charge is 0.198 e. The van der Waals surface area contributed by atoms with E-state index in [2.05, 4.69) is 20.4 Å². The van der Waals surface area contributed by atoms with Crippen molar-refractivity contribution in [3.05, 3.63) is 12.7 Å². The number of nitrogens with two attached hydrogens (primary N) is 1. The lowest BCUT2D eigenvalue weighted by Gasteiger charge is -2.21. The Morgan fingerprint density at radius 2 is 2.15 bits per heavy atom. The first-order valence-corrected chi connectivity index (χ1v) is 5.75. The molecule has 2 aromatic rings. The fourth-order valence-corrected chi connectivity index (χ4v) is 1.98. The summed E-state index contributed by atoms with van der Waals surface area (Å²) in [6, 6.07) is 0. The third-order valence-corrected chi connectivity index (χ3v) is 3.00. The summed E-state index contributed by atoms with van der Waals surface area (Å²) < 4.78 is 1.29. The van der Waals surface area contributed by atoms with Gasteiger partial charge in [0.2, 0.25) is 0 Å². The number of imidazole rings is 1. The Kier molecular flexibility index (Phi) is 3.11. The molecular weight excluding hydrogens is 270 g/mol. The molecule has 2 aromatic heterocycles. The summed E-state index contributed by atoms with van der Waals surface area (Å²) in [5.41, 5.74) is 3.06. The second kappa shape index (κ2) is 4.81. The van der Waals surface area contributed by atoms with Crippen LogP contribution in [0.15, 0.2) is 12.7 Å². The number of hydroxylamine groups is 1. The molecular formula is C9H13N7O4. The lowest BCUT2D eigenvalue weighted by molar-refractivity contribution is -0.0214. The monoisotopic (exact) mass is 283 g/mol. The van der Waals surface area contributed by atoms with Crippen molar-refractivity contribution in [2.45, 2.75) is 18.4 Å². The first-order chi connectivity index (χ1) is 9.67. The van der Waals surface area contributed by atoms with Crippen molar-refractivity contribution in [2.75, 3.05) is 17.2 Å².